The Kier molecular flexibility index (Phi) is 4.48. The normalized spacial score (nSPS) is 20.7. The van der Waals surface area contributed by atoms with Crippen molar-refractivity contribution in [1.29, 1.82) is 0 Å². The second kappa shape index (κ2) is 5.67. The van der Waals surface area contributed by atoms with Gasteiger partial charge < -0.3 is 9.47 Å². The molecule has 18 heavy (non-hydrogen) atoms. The average Bonchev–Trinajstić information content (AvgIpc) is 2.22. The van der Waals surface area contributed by atoms with E-state index in [0.717, 1.165) is 5.57 Å². The van der Waals surface area contributed by atoms with Gasteiger partial charge in [-0.2, -0.15) is 0 Å². The minimum absolute atomic E-state index is 0.254. The lowest BCUT2D eigenvalue weighted by atomic mass is 9.97. The highest BCUT2D eigenvalue weighted by atomic mass is 16.7. The molecular formula is C14H18O4. The summed E-state index contributed by atoms with van der Waals surface area (Å²) in [7, 11) is 0. The molecule has 0 radical (unpaired) electrons. The van der Waals surface area contributed by atoms with E-state index in [-0.39, 0.29) is 6.42 Å². The summed E-state index contributed by atoms with van der Waals surface area (Å²) < 4.78 is 10.1. The topological polar surface area (TPSA) is 52.6 Å². The molecule has 0 aromatic heterocycles. The van der Waals surface area contributed by atoms with Gasteiger partial charge in [0.2, 0.25) is 0 Å². The van der Waals surface area contributed by atoms with Crippen molar-refractivity contribution in [1.82, 2.24) is 0 Å². The lowest BCUT2D eigenvalue weighted by Crippen LogP contribution is -2.46. The molecule has 0 amide bonds. The van der Waals surface area contributed by atoms with Gasteiger partial charge in [0.05, 0.1) is 0 Å². The van der Waals surface area contributed by atoms with Crippen LogP contribution in [0.1, 0.15) is 27.2 Å². The fraction of sp³-hybridized carbons (Fsp3) is 0.429. The Labute approximate surface area is 107 Å². The van der Waals surface area contributed by atoms with Gasteiger partial charge in [0.1, 0.15) is 0 Å². The van der Waals surface area contributed by atoms with Crippen molar-refractivity contribution in [3.05, 3.63) is 36.5 Å². The molecule has 1 aliphatic heterocycles. The zero-order valence-corrected chi connectivity index (χ0v) is 10.9. The SMILES string of the molecule is C=C/C=C(\C=C/C)CC1C(=O)OC(C)(C)OC1=O. The van der Waals surface area contributed by atoms with Crippen LogP contribution in [0.3, 0.4) is 0 Å². The van der Waals surface area contributed by atoms with Crippen molar-refractivity contribution >= 4 is 11.9 Å². The number of cyclic esters (lactones) is 2. The van der Waals surface area contributed by atoms with E-state index in [4.69, 9.17) is 9.47 Å². The molecule has 0 atom stereocenters. The number of allylic oxidation sites excluding steroid dienone is 5. The zero-order valence-electron chi connectivity index (χ0n) is 10.9. The fourth-order valence-electron chi connectivity index (χ4n) is 1.70. The first-order valence-electron chi connectivity index (χ1n) is 5.79. The second-order valence-corrected chi connectivity index (χ2v) is 4.48. The van der Waals surface area contributed by atoms with E-state index in [0.29, 0.717) is 0 Å². The van der Waals surface area contributed by atoms with E-state index in [2.05, 4.69) is 6.58 Å². The van der Waals surface area contributed by atoms with Crippen LogP contribution in [-0.2, 0) is 19.1 Å². The number of hydrogen-bond donors (Lipinski definition) is 0. The van der Waals surface area contributed by atoms with Crippen molar-refractivity contribution in [3.63, 3.8) is 0 Å². The van der Waals surface area contributed by atoms with Crippen molar-refractivity contribution in [2.24, 2.45) is 5.92 Å². The van der Waals surface area contributed by atoms with E-state index in [1.165, 1.54) is 13.8 Å². The van der Waals surface area contributed by atoms with Gasteiger partial charge in [-0.25, -0.2) is 0 Å². The van der Waals surface area contributed by atoms with Gasteiger partial charge in [0.15, 0.2) is 5.92 Å². The van der Waals surface area contributed by atoms with Gasteiger partial charge in [-0.05, 0) is 18.9 Å². The van der Waals surface area contributed by atoms with E-state index in [9.17, 15) is 9.59 Å². The quantitative estimate of drug-likeness (QED) is 0.437. The van der Waals surface area contributed by atoms with Gasteiger partial charge in [0.25, 0.3) is 5.79 Å². The maximum absolute atomic E-state index is 11.8. The number of esters is 2. The van der Waals surface area contributed by atoms with Gasteiger partial charge in [0, 0.05) is 13.8 Å². The van der Waals surface area contributed by atoms with Crippen LogP contribution in [0.5, 0.6) is 0 Å². The molecule has 1 saturated heterocycles. The summed E-state index contributed by atoms with van der Waals surface area (Å²) in [5, 5.41) is 0. The molecule has 4 heteroatoms. The highest BCUT2D eigenvalue weighted by Crippen LogP contribution is 2.27. The van der Waals surface area contributed by atoms with Crippen LogP contribution in [0.15, 0.2) is 36.5 Å². The van der Waals surface area contributed by atoms with E-state index < -0.39 is 23.6 Å². The molecule has 4 nitrogen and oxygen atoms in total. The summed E-state index contributed by atoms with van der Waals surface area (Å²) in [6, 6.07) is 0. The summed E-state index contributed by atoms with van der Waals surface area (Å²) in [6.45, 7) is 8.52. The minimum atomic E-state index is -1.17. The molecule has 1 rings (SSSR count). The van der Waals surface area contributed by atoms with E-state index >= 15 is 0 Å². The molecule has 98 valence electrons. The molecule has 0 saturated carbocycles. The maximum atomic E-state index is 11.8. The molecular weight excluding hydrogens is 232 g/mol. The summed E-state index contributed by atoms with van der Waals surface area (Å²) in [5.74, 6) is -3.17. The third kappa shape index (κ3) is 3.58. The largest absolute Gasteiger partial charge is 0.422 e. The van der Waals surface area contributed by atoms with Crippen molar-refractivity contribution in [2.45, 2.75) is 33.0 Å². The predicted octanol–water partition coefficient (Wildman–Crippen LogP) is 2.52. The number of ether oxygens (including phenoxy) is 2. The molecule has 0 aliphatic carbocycles. The molecule has 0 aromatic rings. The Balaban J connectivity index is 2.84. The summed E-state index contributed by atoms with van der Waals surface area (Å²) in [4.78, 5) is 23.5. The van der Waals surface area contributed by atoms with Crippen LogP contribution < -0.4 is 0 Å². The molecule has 0 bridgehead atoms. The highest BCUT2D eigenvalue weighted by molar-refractivity contribution is 5.97. The number of carbonyl (C=O) groups excluding carboxylic acids is 2. The molecule has 1 fully saturated rings. The van der Waals surface area contributed by atoms with Crippen molar-refractivity contribution < 1.29 is 19.1 Å². The van der Waals surface area contributed by atoms with Crippen molar-refractivity contribution in [3.8, 4) is 0 Å². The average molecular weight is 250 g/mol. The Morgan fingerprint density at radius 3 is 2.33 bits per heavy atom. The summed E-state index contributed by atoms with van der Waals surface area (Å²) >= 11 is 0. The third-order valence-electron chi connectivity index (χ3n) is 2.41. The van der Waals surface area contributed by atoms with Crippen LogP contribution in [0.4, 0.5) is 0 Å². The van der Waals surface area contributed by atoms with Crippen LogP contribution in [0.25, 0.3) is 0 Å². The lowest BCUT2D eigenvalue weighted by Gasteiger charge is -2.32. The van der Waals surface area contributed by atoms with Crippen molar-refractivity contribution in [2.75, 3.05) is 0 Å². The molecule has 0 aromatic carbocycles. The smallest absolute Gasteiger partial charge is 0.323 e. The zero-order chi connectivity index (χ0) is 13.8. The van der Waals surface area contributed by atoms with Gasteiger partial charge in [-0.15, -0.1) is 0 Å². The van der Waals surface area contributed by atoms with E-state index in [1.54, 1.807) is 12.2 Å². The first kappa shape index (κ1) is 14.2. The minimum Gasteiger partial charge on any atom is -0.422 e. The van der Waals surface area contributed by atoms with Crippen LogP contribution in [0.2, 0.25) is 0 Å². The Morgan fingerprint density at radius 1 is 1.33 bits per heavy atom. The van der Waals surface area contributed by atoms with Gasteiger partial charge in [-0.3, -0.25) is 9.59 Å². The van der Waals surface area contributed by atoms with Crippen LogP contribution in [-0.4, -0.2) is 17.7 Å². The van der Waals surface area contributed by atoms with E-state index in [1.807, 2.05) is 19.1 Å². The monoisotopic (exact) mass is 250 g/mol. The van der Waals surface area contributed by atoms with Gasteiger partial charge in [-0.1, -0.05) is 30.9 Å². The number of carbonyl (C=O) groups is 2. The molecule has 0 unspecified atom stereocenters. The van der Waals surface area contributed by atoms with Crippen LogP contribution in [0, 0.1) is 5.92 Å². The summed E-state index contributed by atoms with van der Waals surface area (Å²) in [6.07, 6.45) is 7.27. The fourth-order valence-corrected chi connectivity index (χ4v) is 1.70. The Bertz CT molecular complexity index is 396. The summed E-state index contributed by atoms with van der Waals surface area (Å²) in [5.41, 5.74) is 0.825. The lowest BCUT2D eigenvalue weighted by molar-refractivity contribution is -0.239. The predicted molar refractivity (Wildman–Crippen MR) is 67.5 cm³/mol. The van der Waals surface area contributed by atoms with Crippen LogP contribution >= 0.6 is 0 Å². The molecule has 1 heterocycles. The molecule has 1 aliphatic rings. The van der Waals surface area contributed by atoms with Gasteiger partial charge >= 0.3 is 11.9 Å². The maximum Gasteiger partial charge on any atom is 0.323 e. The highest BCUT2D eigenvalue weighted by Gasteiger charge is 2.43. The first-order chi connectivity index (χ1) is 8.39. The number of rotatable bonds is 4. The molecule has 0 spiro atoms. The Hall–Kier alpha value is -1.84. The second-order valence-electron chi connectivity index (χ2n) is 4.48. The third-order valence-corrected chi connectivity index (χ3v) is 2.41. The number of hydrogen-bond acceptors (Lipinski definition) is 4. The standard InChI is InChI=1S/C14H18O4/c1-5-7-10(8-6-2)9-11-12(15)17-14(3,4)18-13(11)16/h5-8,11H,1,9H2,2-4H3/b8-6-,10-7+. The molecule has 0 N–H and O–H groups in total. The first-order valence-corrected chi connectivity index (χ1v) is 5.79. The Morgan fingerprint density at radius 2 is 1.89 bits per heavy atom.